The van der Waals surface area contributed by atoms with Crippen LogP contribution in [0.15, 0.2) is 0 Å². The van der Waals surface area contributed by atoms with E-state index < -0.39 is 0 Å². The molecule has 0 unspecified atom stereocenters. The minimum atomic E-state index is -0.211. The van der Waals surface area contributed by atoms with Crippen LogP contribution >= 0.6 is 0 Å². The summed E-state index contributed by atoms with van der Waals surface area (Å²) in [5.74, 6) is -0.211. The number of nitriles is 1. The quantitative estimate of drug-likeness (QED) is 0.638. The molecule has 0 spiro atoms. The maximum Gasteiger partial charge on any atom is 0.302 e. The largest absolute Gasteiger partial charge is 0.466 e. The van der Waals surface area contributed by atoms with Crippen LogP contribution in [-0.4, -0.2) is 29.3 Å². The summed E-state index contributed by atoms with van der Waals surface area (Å²) in [5, 5.41) is 15.4. The summed E-state index contributed by atoms with van der Waals surface area (Å²) in [4.78, 5) is 9.82. The van der Waals surface area contributed by atoms with E-state index in [0.29, 0.717) is 6.61 Å². The van der Waals surface area contributed by atoms with Crippen molar-refractivity contribution in [2.75, 3.05) is 6.61 Å². The van der Waals surface area contributed by atoms with Gasteiger partial charge < -0.3 is 15.3 Å². The van der Waals surface area contributed by atoms with E-state index in [-0.39, 0.29) is 17.5 Å². The van der Waals surface area contributed by atoms with Crippen molar-refractivity contribution in [1.82, 2.24) is 0 Å². The van der Waals surface area contributed by atoms with Crippen molar-refractivity contribution in [2.24, 2.45) is 0 Å². The van der Waals surface area contributed by atoms with Crippen LogP contribution in [0.2, 0.25) is 0 Å². The molecule has 0 saturated carbocycles. The highest BCUT2D eigenvalue weighted by atomic mass is 16.5. The Morgan fingerprint density at radius 2 is 1.79 bits per heavy atom. The fourth-order valence-corrected chi connectivity index (χ4v) is 0.203. The lowest BCUT2D eigenvalue weighted by atomic mass is 10.5. The Balaban J connectivity index is -0.0000000553. The van der Waals surface area contributed by atoms with Gasteiger partial charge in [0.15, 0.2) is 0 Å². The molecular weight excluding hydrogens is 186 g/mol. The maximum absolute atomic E-state index is 9.82. The van der Waals surface area contributed by atoms with Crippen LogP contribution in [0.4, 0.5) is 0 Å². The lowest BCUT2D eigenvalue weighted by molar-refractivity contribution is -0.140. The molecule has 0 fully saturated rings. The van der Waals surface area contributed by atoms with Crippen LogP contribution in [0.3, 0.4) is 0 Å². The third kappa shape index (κ3) is 300. The van der Waals surface area contributed by atoms with E-state index in [1.165, 1.54) is 13.8 Å². The van der Waals surface area contributed by atoms with Crippen molar-refractivity contribution in [3.63, 3.8) is 0 Å². The van der Waals surface area contributed by atoms with Crippen LogP contribution in [-0.2, 0) is 9.53 Å². The lowest BCUT2D eigenvalue weighted by Crippen LogP contribution is -1.95. The Kier molecular flexibility index (Phi) is 37.3. The van der Waals surface area contributed by atoms with Crippen LogP contribution in [0, 0.1) is 11.3 Å². The predicted octanol–water partition coefficient (Wildman–Crippen LogP) is 0.662. The maximum atomic E-state index is 9.82. The SMILES string of the molecule is CC#N.CC(C)O.CCOC(C)=O.O. The normalized spacial score (nSPS) is 6.43. The fourth-order valence-electron chi connectivity index (χ4n) is 0.203. The van der Waals surface area contributed by atoms with Crippen molar-refractivity contribution in [3.05, 3.63) is 0 Å². The first-order valence-corrected chi connectivity index (χ1v) is 4.04. The average Bonchev–Trinajstić information content (AvgIpc) is 1.86. The molecule has 0 heterocycles. The number of esters is 1. The van der Waals surface area contributed by atoms with E-state index in [1.54, 1.807) is 26.8 Å². The van der Waals surface area contributed by atoms with E-state index >= 15 is 0 Å². The monoisotopic (exact) mass is 207 g/mol. The van der Waals surface area contributed by atoms with E-state index in [9.17, 15) is 4.79 Å². The number of nitrogens with zero attached hydrogens (tertiary/aromatic N) is 1. The molecule has 86 valence electrons. The second-order valence-electron chi connectivity index (χ2n) is 2.24. The molecule has 5 nitrogen and oxygen atoms in total. The molecule has 0 amide bonds. The van der Waals surface area contributed by atoms with Crippen LogP contribution in [0.1, 0.15) is 34.6 Å². The van der Waals surface area contributed by atoms with Gasteiger partial charge in [0, 0.05) is 20.0 Å². The molecule has 14 heavy (non-hydrogen) atoms. The topological polar surface area (TPSA) is 102 Å². The Bertz CT molecular complexity index is 137. The van der Waals surface area contributed by atoms with Crippen molar-refractivity contribution >= 4 is 5.97 Å². The van der Waals surface area contributed by atoms with Crippen molar-refractivity contribution in [1.29, 1.82) is 5.26 Å². The first-order chi connectivity index (χ1) is 5.92. The summed E-state index contributed by atoms with van der Waals surface area (Å²) >= 11 is 0. The second-order valence-corrected chi connectivity index (χ2v) is 2.24. The standard InChI is InChI=1S/C4H8O2.C3H8O.C2H3N.H2O/c1-3-6-4(2)5;1-3(2)4;1-2-3;/h3H2,1-2H3;3-4H,1-2H3;1H3;1H2. The number of aliphatic hydroxyl groups is 1. The van der Waals surface area contributed by atoms with Gasteiger partial charge in [-0.2, -0.15) is 5.26 Å². The number of carbonyl (C=O) groups excluding carboxylic acids is 1. The molecule has 0 radical (unpaired) electrons. The summed E-state index contributed by atoms with van der Waals surface area (Å²) < 4.78 is 4.40. The summed E-state index contributed by atoms with van der Waals surface area (Å²) in [6.07, 6.45) is -0.167. The summed E-state index contributed by atoms with van der Waals surface area (Å²) in [5.41, 5.74) is 0. The minimum absolute atomic E-state index is 0. The molecule has 0 bridgehead atoms. The zero-order valence-electron chi connectivity index (χ0n) is 9.50. The number of aliphatic hydroxyl groups excluding tert-OH is 1. The third-order valence-corrected chi connectivity index (χ3v) is 0.348. The molecule has 0 aliphatic heterocycles. The highest BCUT2D eigenvalue weighted by Gasteiger charge is 1.81. The number of rotatable bonds is 1. The number of hydrogen-bond acceptors (Lipinski definition) is 4. The first-order valence-electron chi connectivity index (χ1n) is 4.04. The molecule has 0 saturated heterocycles. The number of hydrogen-bond donors (Lipinski definition) is 1. The molecule has 5 heteroatoms. The van der Waals surface area contributed by atoms with E-state index in [2.05, 4.69) is 4.74 Å². The summed E-state index contributed by atoms with van der Waals surface area (Å²) in [6.45, 7) is 8.53. The highest BCUT2D eigenvalue weighted by Crippen LogP contribution is 1.69. The van der Waals surface area contributed by atoms with Gasteiger partial charge in [0.2, 0.25) is 0 Å². The number of ether oxygens (including phenoxy) is 1. The Labute approximate surface area is 85.6 Å². The zero-order chi connectivity index (χ0) is 11.3. The van der Waals surface area contributed by atoms with Gasteiger partial charge in [0.25, 0.3) is 0 Å². The summed E-state index contributed by atoms with van der Waals surface area (Å²) in [7, 11) is 0. The minimum Gasteiger partial charge on any atom is -0.466 e. The van der Waals surface area contributed by atoms with Gasteiger partial charge in [-0.25, -0.2) is 0 Å². The van der Waals surface area contributed by atoms with E-state index in [0.717, 1.165) is 0 Å². The predicted molar refractivity (Wildman–Crippen MR) is 54.6 cm³/mol. The molecule has 0 aromatic heterocycles. The van der Waals surface area contributed by atoms with Gasteiger partial charge in [0.05, 0.1) is 12.7 Å². The van der Waals surface area contributed by atoms with Crippen LogP contribution in [0.5, 0.6) is 0 Å². The molecular formula is C9H21NO4. The van der Waals surface area contributed by atoms with Gasteiger partial charge >= 0.3 is 5.97 Å². The smallest absolute Gasteiger partial charge is 0.302 e. The number of carbonyl (C=O) groups is 1. The van der Waals surface area contributed by atoms with Crippen molar-refractivity contribution in [2.45, 2.75) is 40.7 Å². The molecule has 0 aliphatic carbocycles. The highest BCUT2D eigenvalue weighted by molar-refractivity contribution is 5.65. The molecule has 0 aromatic carbocycles. The Morgan fingerprint density at radius 1 is 1.57 bits per heavy atom. The van der Waals surface area contributed by atoms with Gasteiger partial charge in [-0.15, -0.1) is 0 Å². The molecule has 0 atom stereocenters. The average molecular weight is 207 g/mol. The summed E-state index contributed by atoms with van der Waals surface area (Å²) in [6, 6.07) is 1.75. The molecule has 0 aromatic rings. The molecule has 0 aliphatic rings. The van der Waals surface area contributed by atoms with Gasteiger partial charge in [-0.05, 0) is 20.8 Å². The van der Waals surface area contributed by atoms with E-state index in [4.69, 9.17) is 10.4 Å². The van der Waals surface area contributed by atoms with Crippen LogP contribution < -0.4 is 0 Å². The molecule has 0 rings (SSSR count). The third-order valence-electron chi connectivity index (χ3n) is 0.348. The van der Waals surface area contributed by atoms with Crippen molar-refractivity contribution < 1.29 is 20.1 Å². The lowest BCUT2D eigenvalue weighted by Gasteiger charge is -1.89. The fraction of sp³-hybridized carbons (Fsp3) is 0.778. The van der Waals surface area contributed by atoms with Gasteiger partial charge in [-0.3, -0.25) is 4.79 Å². The van der Waals surface area contributed by atoms with Crippen LogP contribution in [0.25, 0.3) is 0 Å². The van der Waals surface area contributed by atoms with Gasteiger partial charge in [-0.1, -0.05) is 0 Å². The Hall–Kier alpha value is -1.12. The zero-order valence-corrected chi connectivity index (χ0v) is 9.50. The Morgan fingerprint density at radius 3 is 1.79 bits per heavy atom. The second kappa shape index (κ2) is 22.6. The van der Waals surface area contributed by atoms with E-state index in [1.807, 2.05) is 0 Å². The first kappa shape index (κ1) is 23.1. The molecule has 3 N–H and O–H groups in total. The van der Waals surface area contributed by atoms with Crippen molar-refractivity contribution in [3.8, 4) is 6.07 Å². The van der Waals surface area contributed by atoms with Gasteiger partial charge in [0.1, 0.15) is 0 Å².